The van der Waals surface area contributed by atoms with E-state index >= 15 is 0 Å². The number of aliphatic hydroxyl groups is 1. The molecule has 3 N–H and O–H groups in total. The van der Waals surface area contributed by atoms with Crippen molar-refractivity contribution in [1.82, 2.24) is 5.32 Å². The number of fused-ring (bicyclic) bond motifs is 1. The molecule has 0 spiro atoms. The lowest BCUT2D eigenvalue weighted by atomic mass is 10.0. The van der Waals surface area contributed by atoms with Gasteiger partial charge in [0.25, 0.3) is 0 Å². The number of urea groups is 1. The van der Waals surface area contributed by atoms with Crippen LogP contribution in [0.4, 0.5) is 10.5 Å². The van der Waals surface area contributed by atoms with E-state index in [1.54, 1.807) is 0 Å². The summed E-state index contributed by atoms with van der Waals surface area (Å²) in [6, 6.07) is 14.9. The minimum atomic E-state index is -0.286. The highest BCUT2D eigenvalue weighted by atomic mass is 16.5. The molecule has 0 saturated heterocycles. The van der Waals surface area contributed by atoms with Crippen molar-refractivity contribution < 1.29 is 14.6 Å². The van der Waals surface area contributed by atoms with Gasteiger partial charge >= 0.3 is 6.03 Å². The van der Waals surface area contributed by atoms with Crippen molar-refractivity contribution in [3.8, 4) is 0 Å². The lowest BCUT2D eigenvalue weighted by Crippen LogP contribution is -2.33. The van der Waals surface area contributed by atoms with Crippen molar-refractivity contribution in [2.45, 2.75) is 25.7 Å². The van der Waals surface area contributed by atoms with E-state index in [1.807, 2.05) is 48.5 Å². The van der Waals surface area contributed by atoms with Gasteiger partial charge in [0.2, 0.25) is 0 Å². The van der Waals surface area contributed by atoms with Crippen LogP contribution in [0.25, 0.3) is 0 Å². The normalized spacial score (nSPS) is 14.1. The van der Waals surface area contributed by atoms with E-state index < -0.39 is 0 Å². The molecule has 2 amide bonds. The third-order valence-corrected chi connectivity index (χ3v) is 3.90. The third-order valence-electron chi connectivity index (χ3n) is 3.90. The van der Waals surface area contributed by atoms with Crippen molar-refractivity contribution in [3.05, 3.63) is 65.2 Å². The minimum Gasteiger partial charge on any atom is -0.396 e. The molecule has 1 atom stereocenters. The molecule has 0 aromatic heterocycles. The summed E-state index contributed by atoms with van der Waals surface area (Å²) in [4.78, 5) is 12.2. The number of hydrogen-bond donors (Lipinski definition) is 3. The number of carbonyl (C=O) groups excluding carboxylic acids is 1. The maximum absolute atomic E-state index is 12.2. The van der Waals surface area contributed by atoms with Gasteiger partial charge in [-0.3, -0.25) is 0 Å². The Labute approximate surface area is 135 Å². The smallest absolute Gasteiger partial charge is 0.319 e. The predicted molar refractivity (Wildman–Crippen MR) is 88.0 cm³/mol. The monoisotopic (exact) mass is 312 g/mol. The molecule has 0 saturated carbocycles. The molecule has 0 unspecified atom stereocenters. The van der Waals surface area contributed by atoms with Gasteiger partial charge in [0.05, 0.1) is 19.3 Å². The second kappa shape index (κ2) is 7.26. The Hall–Kier alpha value is -2.37. The molecule has 120 valence electrons. The van der Waals surface area contributed by atoms with E-state index in [1.165, 1.54) is 5.56 Å². The number of anilines is 1. The fourth-order valence-corrected chi connectivity index (χ4v) is 2.71. The van der Waals surface area contributed by atoms with Crippen molar-refractivity contribution in [2.24, 2.45) is 0 Å². The van der Waals surface area contributed by atoms with Crippen molar-refractivity contribution >= 4 is 11.7 Å². The summed E-state index contributed by atoms with van der Waals surface area (Å²) >= 11 is 0. The van der Waals surface area contributed by atoms with Crippen LogP contribution in [0.5, 0.6) is 0 Å². The number of nitrogens with one attached hydrogen (secondary N) is 2. The first-order chi connectivity index (χ1) is 11.3. The Balaban J connectivity index is 1.65. The zero-order valence-electron chi connectivity index (χ0n) is 12.8. The number of rotatable bonds is 5. The number of aliphatic hydroxyl groups excluding tert-OH is 1. The quantitative estimate of drug-likeness (QED) is 0.795. The second-order valence-electron chi connectivity index (χ2n) is 5.55. The van der Waals surface area contributed by atoms with Crippen molar-refractivity contribution in [3.63, 3.8) is 0 Å². The lowest BCUT2D eigenvalue weighted by molar-refractivity contribution is 0.134. The number of hydrogen-bond acceptors (Lipinski definition) is 3. The summed E-state index contributed by atoms with van der Waals surface area (Å²) < 4.78 is 5.37. The molecule has 2 aromatic rings. The van der Waals surface area contributed by atoms with Crippen LogP contribution >= 0.6 is 0 Å². The number of ether oxygens (including phenoxy) is 1. The Morgan fingerprint density at radius 3 is 2.70 bits per heavy atom. The standard InChI is InChI=1S/C18H20N2O3/c21-9-8-17(13-4-2-1-3-5-13)20-18(22)19-16-7-6-14-11-23-12-15(14)10-16/h1-7,10,17,21H,8-9,11-12H2,(H2,19,20,22)/t17-/m1/s1. The molecule has 3 rings (SSSR count). The highest BCUT2D eigenvalue weighted by Gasteiger charge is 2.15. The maximum atomic E-state index is 12.2. The van der Waals surface area contributed by atoms with Crippen LogP contribution in [0.2, 0.25) is 0 Å². The molecule has 0 aliphatic carbocycles. The Kier molecular flexibility index (Phi) is 4.90. The Morgan fingerprint density at radius 2 is 1.91 bits per heavy atom. The van der Waals surface area contributed by atoms with Gasteiger partial charge in [-0.05, 0) is 35.2 Å². The molecule has 0 bridgehead atoms. The Morgan fingerprint density at radius 1 is 1.13 bits per heavy atom. The zero-order chi connectivity index (χ0) is 16.1. The van der Waals surface area contributed by atoms with E-state index in [9.17, 15) is 9.90 Å². The summed E-state index contributed by atoms with van der Waals surface area (Å²) in [5.41, 5.74) is 3.98. The van der Waals surface area contributed by atoms with Crippen LogP contribution in [0.1, 0.15) is 29.2 Å². The third kappa shape index (κ3) is 3.88. The number of amides is 2. The van der Waals surface area contributed by atoms with E-state index in [0.29, 0.717) is 19.6 Å². The first kappa shape index (κ1) is 15.5. The molecule has 5 nitrogen and oxygen atoms in total. The fraction of sp³-hybridized carbons (Fsp3) is 0.278. The van der Waals surface area contributed by atoms with Gasteiger partial charge in [0, 0.05) is 12.3 Å². The molecule has 23 heavy (non-hydrogen) atoms. The molecular formula is C18H20N2O3. The Bertz CT molecular complexity index is 673. The lowest BCUT2D eigenvalue weighted by Gasteiger charge is -2.19. The first-order valence-corrected chi connectivity index (χ1v) is 7.69. The van der Waals surface area contributed by atoms with Crippen LogP contribution < -0.4 is 10.6 Å². The molecule has 1 aliphatic heterocycles. The molecule has 0 radical (unpaired) electrons. The molecule has 1 aliphatic rings. The van der Waals surface area contributed by atoms with E-state index in [4.69, 9.17) is 4.74 Å². The van der Waals surface area contributed by atoms with Gasteiger partial charge in [-0.2, -0.15) is 0 Å². The highest BCUT2D eigenvalue weighted by molar-refractivity contribution is 5.89. The van der Waals surface area contributed by atoms with Crippen LogP contribution in [-0.4, -0.2) is 17.7 Å². The van der Waals surface area contributed by atoms with Crippen LogP contribution in [0.15, 0.2) is 48.5 Å². The topological polar surface area (TPSA) is 70.6 Å². The maximum Gasteiger partial charge on any atom is 0.319 e. The van der Waals surface area contributed by atoms with E-state index in [2.05, 4.69) is 10.6 Å². The fourth-order valence-electron chi connectivity index (χ4n) is 2.71. The molecular weight excluding hydrogens is 292 g/mol. The van der Waals surface area contributed by atoms with Gasteiger partial charge in [-0.1, -0.05) is 36.4 Å². The van der Waals surface area contributed by atoms with Crippen LogP contribution in [0, 0.1) is 0 Å². The van der Waals surface area contributed by atoms with Gasteiger partial charge in [-0.15, -0.1) is 0 Å². The SMILES string of the molecule is O=C(Nc1ccc2c(c1)COC2)N[C@H](CCO)c1ccccc1. The average molecular weight is 312 g/mol. The summed E-state index contributed by atoms with van der Waals surface area (Å²) in [6.07, 6.45) is 0.468. The summed E-state index contributed by atoms with van der Waals surface area (Å²) in [7, 11) is 0. The van der Waals surface area contributed by atoms with Gasteiger partial charge < -0.3 is 20.5 Å². The molecule has 2 aromatic carbocycles. The molecule has 1 heterocycles. The van der Waals surface area contributed by atoms with Crippen LogP contribution in [-0.2, 0) is 18.0 Å². The number of carbonyl (C=O) groups is 1. The second-order valence-corrected chi connectivity index (χ2v) is 5.55. The first-order valence-electron chi connectivity index (χ1n) is 7.69. The van der Waals surface area contributed by atoms with E-state index in [0.717, 1.165) is 16.8 Å². The minimum absolute atomic E-state index is 0.00995. The van der Waals surface area contributed by atoms with E-state index in [-0.39, 0.29) is 18.7 Å². The number of benzene rings is 2. The predicted octanol–water partition coefficient (Wildman–Crippen LogP) is 2.96. The van der Waals surface area contributed by atoms with Crippen molar-refractivity contribution in [1.29, 1.82) is 0 Å². The largest absolute Gasteiger partial charge is 0.396 e. The van der Waals surface area contributed by atoms with Crippen molar-refractivity contribution in [2.75, 3.05) is 11.9 Å². The summed E-state index contributed by atoms with van der Waals surface area (Å²) in [5, 5.41) is 15.0. The molecule has 0 fully saturated rings. The zero-order valence-corrected chi connectivity index (χ0v) is 12.8. The van der Waals surface area contributed by atoms with Gasteiger partial charge in [-0.25, -0.2) is 4.79 Å². The van der Waals surface area contributed by atoms with Gasteiger partial charge in [0.15, 0.2) is 0 Å². The molecule has 5 heteroatoms. The highest BCUT2D eigenvalue weighted by Crippen LogP contribution is 2.23. The van der Waals surface area contributed by atoms with Crippen LogP contribution in [0.3, 0.4) is 0 Å². The average Bonchev–Trinajstić information content (AvgIpc) is 3.03. The van der Waals surface area contributed by atoms with Gasteiger partial charge in [0.1, 0.15) is 0 Å². The summed E-state index contributed by atoms with van der Waals surface area (Å²) in [5.74, 6) is 0. The summed E-state index contributed by atoms with van der Waals surface area (Å²) in [6.45, 7) is 1.23.